The number of hydrogen-bond acceptors (Lipinski definition) is 3. The highest BCUT2D eigenvalue weighted by atomic mass is 35.5. The smallest absolute Gasteiger partial charge is 0.411 e. The summed E-state index contributed by atoms with van der Waals surface area (Å²) in [5.74, 6) is 0.401. The van der Waals surface area contributed by atoms with E-state index in [1.807, 2.05) is 36.4 Å². The van der Waals surface area contributed by atoms with Crippen molar-refractivity contribution in [3.63, 3.8) is 0 Å². The number of carbonyl (C=O) groups is 1. The maximum absolute atomic E-state index is 12.2. The standard InChI is InChI=1S/C19H20Cl2N2O2/c1-23-7-6-13(11-23)12-25-19(24)22-18-5-3-2-4-17(18)14-8-15(20)10-16(21)9-14/h2-5,8-10,13H,6-7,11-12H2,1H3,(H,22,24)/t13-/m0/s1. The second kappa shape index (κ2) is 8.09. The molecule has 1 saturated heterocycles. The first-order valence-corrected chi connectivity index (χ1v) is 8.94. The van der Waals surface area contributed by atoms with Gasteiger partial charge in [0.2, 0.25) is 0 Å². The molecule has 1 fully saturated rings. The van der Waals surface area contributed by atoms with E-state index in [2.05, 4.69) is 17.3 Å². The molecular formula is C19H20Cl2N2O2. The molecule has 3 rings (SSSR count). The molecule has 2 aromatic rings. The summed E-state index contributed by atoms with van der Waals surface area (Å²) in [5, 5.41) is 3.92. The van der Waals surface area contributed by atoms with E-state index >= 15 is 0 Å². The number of likely N-dealkylation sites (tertiary alicyclic amines) is 1. The SMILES string of the molecule is CN1CC[C@H](COC(=O)Nc2ccccc2-c2cc(Cl)cc(Cl)c2)C1. The highest BCUT2D eigenvalue weighted by molar-refractivity contribution is 6.35. The highest BCUT2D eigenvalue weighted by Crippen LogP contribution is 2.32. The molecule has 1 amide bonds. The number of ether oxygens (including phenoxy) is 1. The third-order valence-electron chi connectivity index (χ3n) is 4.28. The van der Waals surface area contributed by atoms with Crippen molar-refractivity contribution in [2.24, 2.45) is 5.92 Å². The van der Waals surface area contributed by atoms with Crippen LogP contribution >= 0.6 is 23.2 Å². The number of hydrogen-bond donors (Lipinski definition) is 1. The monoisotopic (exact) mass is 378 g/mol. The van der Waals surface area contributed by atoms with E-state index in [4.69, 9.17) is 27.9 Å². The van der Waals surface area contributed by atoms with Crippen LogP contribution < -0.4 is 5.32 Å². The van der Waals surface area contributed by atoms with Crippen LogP contribution in [0.15, 0.2) is 42.5 Å². The van der Waals surface area contributed by atoms with E-state index in [0.29, 0.717) is 28.3 Å². The summed E-state index contributed by atoms with van der Waals surface area (Å²) in [6.45, 7) is 2.44. The summed E-state index contributed by atoms with van der Waals surface area (Å²) in [7, 11) is 2.08. The van der Waals surface area contributed by atoms with Crippen molar-refractivity contribution in [1.29, 1.82) is 0 Å². The van der Waals surface area contributed by atoms with Gasteiger partial charge in [0.25, 0.3) is 0 Å². The van der Waals surface area contributed by atoms with Crippen LogP contribution in [0.25, 0.3) is 11.1 Å². The molecule has 0 unspecified atom stereocenters. The molecule has 1 aliphatic heterocycles. The van der Waals surface area contributed by atoms with Crippen LogP contribution in [0.3, 0.4) is 0 Å². The van der Waals surface area contributed by atoms with Crippen molar-refractivity contribution in [2.45, 2.75) is 6.42 Å². The lowest BCUT2D eigenvalue weighted by Crippen LogP contribution is -2.21. The van der Waals surface area contributed by atoms with Gasteiger partial charge in [-0.05, 0) is 49.8 Å². The first-order chi connectivity index (χ1) is 12.0. The molecule has 6 heteroatoms. The fourth-order valence-corrected chi connectivity index (χ4v) is 3.58. The predicted octanol–water partition coefficient (Wildman–Crippen LogP) is 5.16. The van der Waals surface area contributed by atoms with Gasteiger partial charge in [0, 0.05) is 28.1 Å². The Balaban J connectivity index is 1.69. The Kier molecular flexibility index (Phi) is 5.84. The Morgan fingerprint density at radius 1 is 1.24 bits per heavy atom. The second-order valence-electron chi connectivity index (χ2n) is 6.34. The molecule has 0 radical (unpaired) electrons. The van der Waals surface area contributed by atoms with Gasteiger partial charge in [-0.3, -0.25) is 5.32 Å². The van der Waals surface area contributed by atoms with E-state index in [-0.39, 0.29) is 0 Å². The average molecular weight is 379 g/mol. The largest absolute Gasteiger partial charge is 0.449 e. The van der Waals surface area contributed by atoms with E-state index in [1.54, 1.807) is 6.07 Å². The van der Waals surface area contributed by atoms with Gasteiger partial charge in [-0.15, -0.1) is 0 Å². The van der Waals surface area contributed by atoms with E-state index in [0.717, 1.165) is 30.6 Å². The Bertz CT molecular complexity index is 747. The molecule has 132 valence electrons. The third kappa shape index (κ3) is 4.88. The van der Waals surface area contributed by atoms with Crippen LogP contribution in [-0.2, 0) is 4.74 Å². The van der Waals surface area contributed by atoms with Gasteiger partial charge in [0.1, 0.15) is 0 Å². The minimum absolute atomic E-state index is 0.401. The Labute approximate surface area is 157 Å². The van der Waals surface area contributed by atoms with Crippen LogP contribution in [-0.4, -0.2) is 37.7 Å². The van der Waals surface area contributed by atoms with Crippen LogP contribution in [0.5, 0.6) is 0 Å². The van der Waals surface area contributed by atoms with Gasteiger partial charge in [0.15, 0.2) is 0 Å². The molecule has 2 aromatic carbocycles. The second-order valence-corrected chi connectivity index (χ2v) is 7.22. The molecule has 0 bridgehead atoms. The van der Waals surface area contributed by atoms with Gasteiger partial charge >= 0.3 is 6.09 Å². The fourth-order valence-electron chi connectivity index (χ4n) is 3.06. The number of nitrogens with zero attached hydrogens (tertiary/aromatic N) is 1. The lowest BCUT2D eigenvalue weighted by Gasteiger charge is -2.14. The minimum Gasteiger partial charge on any atom is -0.449 e. The number of rotatable bonds is 4. The summed E-state index contributed by atoms with van der Waals surface area (Å²) in [6.07, 6.45) is 0.608. The molecule has 0 spiro atoms. The molecule has 4 nitrogen and oxygen atoms in total. The number of nitrogens with one attached hydrogen (secondary N) is 1. The van der Waals surface area contributed by atoms with Crippen molar-refractivity contribution >= 4 is 35.0 Å². The van der Waals surface area contributed by atoms with Gasteiger partial charge in [-0.1, -0.05) is 41.4 Å². The molecule has 0 saturated carbocycles. The van der Waals surface area contributed by atoms with Crippen molar-refractivity contribution in [1.82, 2.24) is 4.90 Å². The lowest BCUT2D eigenvalue weighted by atomic mass is 10.0. The molecule has 1 N–H and O–H groups in total. The molecular weight excluding hydrogens is 359 g/mol. The Morgan fingerprint density at radius 2 is 1.96 bits per heavy atom. The number of benzene rings is 2. The first kappa shape index (κ1) is 18.1. The van der Waals surface area contributed by atoms with Crippen LogP contribution in [0.4, 0.5) is 10.5 Å². The van der Waals surface area contributed by atoms with Crippen molar-refractivity contribution < 1.29 is 9.53 Å². The van der Waals surface area contributed by atoms with Crippen molar-refractivity contribution in [2.75, 3.05) is 32.1 Å². The average Bonchev–Trinajstić information content (AvgIpc) is 2.98. The van der Waals surface area contributed by atoms with Gasteiger partial charge in [-0.2, -0.15) is 0 Å². The van der Waals surface area contributed by atoms with Crippen molar-refractivity contribution in [3.05, 3.63) is 52.5 Å². The number of para-hydroxylation sites is 1. The van der Waals surface area contributed by atoms with E-state index < -0.39 is 6.09 Å². The summed E-state index contributed by atoms with van der Waals surface area (Å²) in [4.78, 5) is 14.4. The number of amides is 1. The summed E-state index contributed by atoms with van der Waals surface area (Å²) in [6, 6.07) is 12.8. The Hall–Kier alpha value is -1.75. The van der Waals surface area contributed by atoms with Gasteiger partial charge < -0.3 is 9.64 Å². The topological polar surface area (TPSA) is 41.6 Å². The molecule has 25 heavy (non-hydrogen) atoms. The lowest BCUT2D eigenvalue weighted by molar-refractivity contribution is 0.142. The fraction of sp³-hybridized carbons (Fsp3) is 0.316. The molecule has 1 aliphatic rings. The van der Waals surface area contributed by atoms with Crippen molar-refractivity contribution in [3.8, 4) is 11.1 Å². The zero-order chi connectivity index (χ0) is 17.8. The maximum atomic E-state index is 12.2. The van der Waals surface area contributed by atoms with E-state index in [9.17, 15) is 4.79 Å². The number of carbonyl (C=O) groups excluding carboxylic acids is 1. The molecule has 0 aliphatic carbocycles. The minimum atomic E-state index is -0.449. The van der Waals surface area contributed by atoms with E-state index in [1.165, 1.54) is 0 Å². The summed E-state index contributed by atoms with van der Waals surface area (Å²) >= 11 is 12.2. The Morgan fingerprint density at radius 3 is 2.64 bits per heavy atom. The highest BCUT2D eigenvalue weighted by Gasteiger charge is 2.21. The maximum Gasteiger partial charge on any atom is 0.411 e. The summed E-state index contributed by atoms with van der Waals surface area (Å²) < 4.78 is 5.39. The number of anilines is 1. The van der Waals surface area contributed by atoms with Crippen LogP contribution in [0.1, 0.15) is 6.42 Å². The quantitative estimate of drug-likeness (QED) is 0.798. The van der Waals surface area contributed by atoms with Gasteiger partial charge in [0.05, 0.1) is 12.3 Å². The van der Waals surface area contributed by atoms with Crippen LogP contribution in [0.2, 0.25) is 10.0 Å². The first-order valence-electron chi connectivity index (χ1n) is 8.19. The predicted molar refractivity (Wildman–Crippen MR) is 102 cm³/mol. The summed E-state index contributed by atoms with van der Waals surface area (Å²) in [5.41, 5.74) is 2.34. The number of halogens is 2. The molecule has 1 heterocycles. The zero-order valence-electron chi connectivity index (χ0n) is 14.0. The van der Waals surface area contributed by atoms with Crippen LogP contribution in [0, 0.1) is 5.92 Å². The normalized spacial score (nSPS) is 17.5. The third-order valence-corrected chi connectivity index (χ3v) is 4.71. The molecule has 1 atom stereocenters. The van der Waals surface area contributed by atoms with Gasteiger partial charge in [-0.25, -0.2) is 4.79 Å². The zero-order valence-corrected chi connectivity index (χ0v) is 15.5. The molecule has 0 aromatic heterocycles.